The fraction of sp³-hybridized carbons (Fsp3) is 0.200. The zero-order chi connectivity index (χ0) is 15.0. The number of fused-ring (bicyclic) bond motifs is 1. The van der Waals surface area contributed by atoms with Gasteiger partial charge in [-0.3, -0.25) is 10.1 Å². The lowest BCUT2D eigenvalue weighted by Crippen LogP contribution is -2.31. The number of hydrogen-bond acceptors (Lipinski definition) is 4. The van der Waals surface area contributed by atoms with Crippen LogP contribution in [0.5, 0.6) is 0 Å². The van der Waals surface area contributed by atoms with Crippen molar-refractivity contribution in [2.24, 2.45) is 0 Å². The van der Waals surface area contributed by atoms with E-state index in [0.717, 1.165) is 18.1 Å². The highest BCUT2D eigenvalue weighted by molar-refractivity contribution is 5.59. The number of nitro benzene ring substituents is 1. The van der Waals surface area contributed by atoms with E-state index < -0.39 is 10.7 Å². The number of anilines is 2. The van der Waals surface area contributed by atoms with Crippen LogP contribution < -0.4 is 10.6 Å². The van der Waals surface area contributed by atoms with Crippen molar-refractivity contribution in [1.82, 2.24) is 0 Å². The molecule has 0 fully saturated rings. The number of nitrogens with zero attached hydrogens (tertiary/aromatic N) is 2. The van der Waals surface area contributed by atoms with Gasteiger partial charge in [0.05, 0.1) is 11.0 Å². The molecule has 1 aliphatic rings. The van der Waals surface area contributed by atoms with Crippen molar-refractivity contribution >= 4 is 17.1 Å². The fourth-order valence-corrected chi connectivity index (χ4v) is 2.67. The standard InChI is InChI=1S/C15H14FN3O2/c16-11-6-12(8-13(7-11)19(20)21)18-5-4-10-2-1-3-15(17)14(10)9-18/h1-3,6-8H,4-5,9,17H2. The Bertz CT molecular complexity index is 718. The maximum absolute atomic E-state index is 13.6. The second-order valence-electron chi connectivity index (χ2n) is 5.08. The molecule has 1 heterocycles. The largest absolute Gasteiger partial charge is 0.398 e. The molecule has 0 saturated carbocycles. The molecule has 0 aromatic heterocycles. The minimum atomic E-state index is -0.606. The number of non-ortho nitro benzene ring substituents is 1. The van der Waals surface area contributed by atoms with E-state index in [2.05, 4.69) is 0 Å². The molecule has 5 nitrogen and oxygen atoms in total. The number of halogens is 1. The molecular weight excluding hydrogens is 273 g/mol. The van der Waals surface area contributed by atoms with Gasteiger partial charge in [0.25, 0.3) is 5.69 Å². The Balaban J connectivity index is 1.96. The van der Waals surface area contributed by atoms with Gasteiger partial charge in [-0.25, -0.2) is 4.39 Å². The monoisotopic (exact) mass is 287 g/mol. The number of hydrogen-bond donors (Lipinski definition) is 1. The minimum Gasteiger partial charge on any atom is -0.398 e. The molecule has 2 N–H and O–H groups in total. The van der Waals surface area contributed by atoms with Crippen LogP contribution in [0, 0.1) is 15.9 Å². The quantitative estimate of drug-likeness (QED) is 0.523. The third-order valence-corrected chi connectivity index (χ3v) is 3.75. The Kier molecular flexibility index (Phi) is 3.21. The lowest BCUT2D eigenvalue weighted by atomic mass is 9.97. The number of benzene rings is 2. The van der Waals surface area contributed by atoms with Crippen molar-refractivity contribution in [3.05, 3.63) is 63.5 Å². The normalized spacial score (nSPS) is 13.9. The minimum absolute atomic E-state index is 0.239. The molecule has 0 bridgehead atoms. The smallest absolute Gasteiger partial charge is 0.274 e. The first-order valence-corrected chi connectivity index (χ1v) is 6.61. The highest BCUT2D eigenvalue weighted by Crippen LogP contribution is 2.30. The van der Waals surface area contributed by atoms with Crippen molar-refractivity contribution in [3.63, 3.8) is 0 Å². The molecule has 0 spiro atoms. The van der Waals surface area contributed by atoms with Gasteiger partial charge in [-0.15, -0.1) is 0 Å². The lowest BCUT2D eigenvalue weighted by molar-refractivity contribution is -0.385. The first-order valence-electron chi connectivity index (χ1n) is 6.61. The summed E-state index contributed by atoms with van der Waals surface area (Å²) in [6, 6.07) is 9.41. The summed E-state index contributed by atoms with van der Waals surface area (Å²) in [4.78, 5) is 12.2. The van der Waals surface area contributed by atoms with Crippen molar-refractivity contribution in [3.8, 4) is 0 Å². The summed E-state index contributed by atoms with van der Waals surface area (Å²) >= 11 is 0. The van der Waals surface area contributed by atoms with E-state index in [-0.39, 0.29) is 5.69 Å². The summed E-state index contributed by atoms with van der Waals surface area (Å²) in [5.74, 6) is -0.606. The molecule has 0 saturated heterocycles. The molecule has 6 heteroatoms. The SMILES string of the molecule is Nc1cccc2c1CN(c1cc(F)cc([N+](=O)[O-])c1)CC2. The van der Waals surface area contributed by atoms with E-state index in [1.807, 2.05) is 23.1 Å². The molecule has 0 unspecified atom stereocenters. The molecule has 1 aliphatic heterocycles. The Labute approximate surface area is 120 Å². The predicted molar refractivity (Wildman–Crippen MR) is 78.7 cm³/mol. The van der Waals surface area contributed by atoms with Gasteiger partial charge >= 0.3 is 0 Å². The number of nitro groups is 1. The predicted octanol–water partition coefficient (Wildman–Crippen LogP) is 2.88. The van der Waals surface area contributed by atoms with Crippen LogP contribution in [-0.2, 0) is 13.0 Å². The van der Waals surface area contributed by atoms with Crippen LogP contribution in [0.2, 0.25) is 0 Å². The van der Waals surface area contributed by atoms with Crippen LogP contribution in [0.3, 0.4) is 0 Å². The molecule has 2 aromatic carbocycles. The first kappa shape index (κ1) is 13.4. The Morgan fingerprint density at radius 2 is 2.10 bits per heavy atom. The number of nitrogen functional groups attached to an aromatic ring is 1. The third kappa shape index (κ3) is 2.52. The van der Waals surface area contributed by atoms with Gasteiger partial charge in [-0.2, -0.15) is 0 Å². The summed E-state index contributed by atoms with van der Waals surface area (Å²) in [7, 11) is 0. The molecule has 108 valence electrons. The molecule has 0 aliphatic carbocycles. The third-order valence-electron chi connectivity index (χ3n) is 3.75. The van der Waals surface area contributed by atoms with E-state index in [1.54, 1.807) is 0 Å². The van der Waals surface area contributed by atoms with Gasteiger partial charge in [-0.1, -0.05) is 12.1 Å². The van der Waals surface area contributed by atoms with Crippen LogP contribution in [0.1, 0.15) is 11.1 Å². The van der Waals surface area contributed by atoms with Crippen molar-refractivity contribution < 1.29 is 9.31 Å². The maximum Gasteiger partial charge on any atom is 0.274 e. The lowest BCUT2D eigenvalue weighted by Gasteiger charge is -2.31. The summed E-state index contributed by atoms with van der Waals surface area (Å²) in [5.41, 5.74) is 9.14. The van der Waals surface area contributed by atoms with Crippen LogP contribution in [-0.4, -0.2) is 11.5 Å². The molecule has 0 radical (unpaired) electrons. The van der Waals surface area contributed by atoms with E-state index in [9.17, 15) is 14.5 Å². The van der Waals surface area contributed by atoms with E-state index in [4.69, 9.17) is 5.73 Å². The Hall–Kier alpha value is -2.63. The van der Waals surface area contributed by atoms with Crippen LogP contribution in [0.4, 0.5) is 21.5 Å². The highest BCUT2D eigenvalue weighted by Gasteiger charge is 2.20. The molecule has 0 amide bonds. The summed E-state index contributed by atoms with van der Waals surface area (Å²) in [6.45, 7) is 1.21. The average Bonchev–Trinajstić information content (AvgIpc) is 2.46. The van der Waals surface area contributed by atoms with Crippen molar-refractivity contribution in [1.29, 1.82) is 0 Å². The topological polar surface area (TPSA) is 72.4 Å². The van der Waals surface area contributed by atoms with Gasteiger partial charge in [0, 0.05) is 30.5 Å². The zero-order valence-electron chi connectivity index (χ0n) is 11.3. The van der Waals surface area contributed by atoms with Gasteiger partial charge in [0.15, 0.2) is 0 Å². The van der Waals surface area contributed by atoms with Gasteiger partial charge < -0.3 is 10.6 Å². The van der Waals surface area contributed by atoms with Crippen LogP contribution >= 0.6 is 0 Å². The highest BCUT2D eigenvalue weighted by atomic mass is 19.1. The second-order valence-corrected chi connectivity index (χ2v) is 5.08. The molecule has 2 aromatic rings. The van der Waals surface area contributed by atoms with Gasteiger partial charge in [0.1, 0.15) is 5.82 Å². The van der Waals surface area contributed by atoms with Crippen LogP contribution in [0.15, 0.2) is 36.4 Å². The van der Waals surface area contributed by atoms with E-state index >= 15 is 0 Å². The van der Waals surface area contributed by atoms with Gasteiger partial charge in [-0.05, 0) is 29.7 Å². The molecule has 0 atom stereocenters. The second kappa shape index (κ2) is 5.05. The zero-order valence-corrected chi connectivity index (χ0v) is 11.3. The van der Waals surface area contributed by atoms with E-state index in [1.165, 1.54) is 17.7 Å². The summed E-state index contributed by atoms with van der Waals surface area (Å²) in [6.07, 6.45) is 0.782. The molecule has 21 heavy (non-hydrogen) atoms. The average molecular weight is 287 g/mol. The number of rotatable bonds is 2. The van der Waals surface area contributed by atoms with Crippen molar-refractivity contribution in [2.45, 2.75) is 13.0 Å². The summed E-state index contributed by atoms with van der Waals surface area (Å²) < 4.78 is 13.6. The van der Waals surface area contributed by atoms with Gasteiger partial charge in [0.2, 0.25) is 0 Å². The molecular formula is C15H14FN3O2. The maximum atomic E-state index is 13.6. The number of nitrogens with two attached hydrogens (primary N) is 1. The van der Waals surface area contributed by atoms with Crippen LogP contribution in [0.25, 0.3) is 0 Å². The van der Waals surface area contributed by atoms with Crippen molar-refractivity contribution in [2.75, 3.05) is 17.2 Å². The Morgan fingerprint density at radius 3 is 2.86 bits per heavy atom. The first-order chi connectivity index (χ1) is 10.0. The fourth-order valence-electron chi connectivity index (χ4n) is 2.67. The summed E-state index contributed by atoms with van der Waals surface area (Å²) in [5, 5.41) is 10.8. The molecule has 3 rings (SSSR count). The van der Waals surface area contributed by atoms with E-state index in [0.29, 0.717) is 24.5 Å². The Morgan fingerprint density at radius 1 is 1.29 bits per heavy atom.